The largest absolute Gasteiger partial charge is 0.435 e. The van der Waals surface area contributed by atoms with Gasteiger partial charge in [0.2, 0.25) is 0 Å². The van der Waals surface area contributed by atoms with E-state index in [4.69, 9.17) is 5.26 Å². The van der Waals surface area contributed by atoms with Crippen molar-refractivity contribution in [1.82, 2.24) is 5.32 Å². The van der Waals surface area contributed by atoms with Crippen LogP contribution in [-0.4, -0.2) is 18.3 Å². The first-order valence-electron chi connectivity index (χ1n) is 7.01. The average molecular weight is 318 g/mol. The molecule has 0 aliphatic carbocycles. The number of benzene rings is 2. The molecule has 2 rings (SSSR count). The molecule has 2 N–H and O–H groups in total. The summed E-state index contributed by atoms with van der Waals surface area (Å²) in [5, 5.41) is 21.9. The Labute approximate surface area is 132 Å². The van der Waals surface area contributed by atoms with Crippen LogP contribution in [0.1, 0.15) is 22.8 Å². The number of nitrogens with zero attached hydrogens (tertiary/aromatic N) is 1. The smallest absolute Gasteiger partial charge is 0.387 e. The molecule has 1 unspecified atom stereocenters. The number of aliphatic hydroxyl groups is 1. The zero-order chi connectivity index (χ0) is 16.7. The van der Waals surface area contributed by atoms with E-state index >= 15 is 0 Å². The van der Waals surface area contributed by atoms with Gasteiger partial charge in [-0.15, -0.1) is 0 Å². The molecule has 0 amide bonds. The van der Waals surface area contributed by atoms with Crippen molar-refractivity contribution >= 4 is 0 Å². The Hall–Kier alpha value is -2.49. The van der Waals surface area contributed by atoms with Gasteiger partial charge in [0.15, 0.2) is 0 Å². The minimum atomic E-state index is -2.86. The van der Waals surface area contributed by atoms with Crippen LogP contribution in [0.3, 0.4) is 0 Å². The lowest BCUT2D eigenvalue weighted by Crippen LogP contribution is -2.21. The first-order chi connectivity index (χ1) is 11.1. The van der Waals surface area contributed by atoms with Crippen LogP contribution in [0.5, 0.6) is 5.75 Å². The molecule has 0 fully saturated rings. The molecule has 0 spiro atoms. The molecule has 2 aromatic carbocycles. The zero-order valence-corrected chi connectivity index (χ0v) is 12.2. The van der Waals surface area contributed by atoms with Crippen molar-refractivity contribution in [2.24, 2.45) is 0 Å². The summed E-state index contributed by atoms with van der Waals surface area (Å²) in [6.45, 7) is -2.00. The molecule has 0 aromatic heterocycles. The minimum Gasteiger partial charge on any atom is -0.435 e. The van der Waals surface area contributed by atoms with E-state index in [-0.39, 0.29) is 5.75 Å². The summed E-state index contributed by atoms with van der Waals surface area (Å²) < 4.78 is 28.4. The lowest BCUT2D eigenvalue weighted by molar-refractivity contribution is -0.0498. The monoisotopic (exact) mass is 318 g/mol. The van der Waals surface area contributed by atoms with Gasteiger partial charge in [0.1, 0.15) is 5.75 Å². The highest BCUT2D eigenvalue weighted by molar-refractivity contribution is 5.31. The van der Waals surface area contributed by atoms with Crippen molar-refractivity contribution in [3.63, 3.8) is 0 Å². The van der Waals surface area contributed by atoms with Crippen LogP contribution in [0.25, 0.3) is 0 Å². The van der Waals surface area contributed by atoms with Crippen LogP contribution < -0.4 is 10.1 Å². The Bertz CT molecular complexity index is 652. The van der Waals surface area contributed by atoms with E-state index in [1.807, 2.05) is 18.2 Å². The molecule has 1 atom stereocenters. The third kappa shape index (κ3) is 5.33. The molecule has 23 heavy (non-hydrogen) atoms. The SMILES string of the molecule is N#Cc1ccc(CNCC(O)c2ccc(OC(F)F)cc2)cc1. The lowest BCUT2D eigenvalue weighted by Gasteiger charge is -2.13. The summed E-state index contributed by atoms with van der Waals surface area (Å²) in [4.78, 5) is 0. The highest BCUT2D eigenvalue weighted by Gasteiger charge is 2.09. The number of aliphatic hydroxyl groups excluding tert-OH is 1. The molecule has 0 heterocycles. The molecule has 0 saturated heterocycles. The summed E-state index contributed by atoms with van der Waals surface area (Å²) in [7, 11) is 0. The maximum absolute atomic E-state index is 12.1. The van der Waals surface area contributed by atoms with Crippen molar-refractivity contribution in [3.05, 3.63) is 65.2 Å². The second-order valence-electron chi connectivity index (χ2n) is 4.90. The van der Waals surface area contributed by atoms with E-state index in [9.17, 15) is 13.9 Å². The van der Waals surface area contributed by atoms with Gasteiger partial charge in [0, 0.05) is 13.1 Å². The van der Waals surface area contributed by atoms with Gasteiger partial charge in [0.25, 0.3) is 0 Å². The van der Waals surface area contributed by atoms with Gasteiger partial charge in [0.05, 0.1) is 17.7 Å². The second kappa shape index (κ2) is 8.22. The van der Waals surface area contributed by atoms with Gasteiger partial charge < -0.3 is 15.2 Å². The predicted octanol–water partition coefficient (Wildman–Crippen LogP) is 2.98. The van der Waals surface area contributed by atoms with Gasteiger partial charge in [-0.1, -0.05) is 24.3 Å². The molecule has 4 nitrogen and oxygen atoms in total. The minimum absolute atomic E-state index is 0.0569. The Morgan fingerprint density at radius 1 is 1.09 bits per heavy atom. The first-order valence-corrected chi connectivity index (χ1v) is 7.01. The number of ether oxygens (including phenoxy) is 1. The van der Waals surface area contributed by atoms with Crippen molar-refractivity contribution in [3.8, 4) is 11.8 Å². The van der Waals surface area contributed by atoms with Crippen LogP contribution in [-0.2, 0) is 6.54 Å². The Morgan fingerprint density at radius 2 is 1.74 bits per heavy atom. The molecule has 2 aromatic rings. The Kier molecular flexibility index (Phi) is 6.03. The highest BCUT2D eigenvalue weighted by Crippen LogP contribution is 2.19. The van der Waals surface area contributed by atoms with Crippen molar-refractivity contribution in [1.29, 1.82) is 5.26 Å². The molecule has 0 bridgehead atoms. The Morgan fingerprint density at radius 3 is 2.30 bits per heavy atom. The summed E-state index contributed by atoms with van der Waals surface area (Å²) in [6, 6.07) is 15.1. The van der Waals surface area contributed by atoms with Gasteiger partial charge in [-0.3, -0.25) is 0 Å². The lowest BCUT2D eigenvalue weighted by atomic mass is 10.1. The van der Waals surface area contributed by atoms with Crippen LogP contribution in [0.2, 0.25) is 0 Å². The normalized spacial score (nSPS) is 12.0. The van der Waals surface area contributed by atoms with Crippen molar-refractivity contribution in [2.45, 2.75) is 19.3 Å². The third-order valence-corrected chi connectivity index (χ3v) is 3.24. The molecule has 6 heteroatoms. The van der Waals surface area contributed by atoms with Crippen molar-refractivity contribution < 1.29 is 18.6 Å². The van der Waals surface area contributed by atoms with Crippen LogP contribution >= 0.6 is 0 Å². The number of halogens is 2. The fourth-order valence-corrected chi connectivity index (χ4v) is 2.04. The number of rotatable bonds is 7. The topological polar surface area (TPSA) is 65.3 Å². The van der Waals surface area contributed by atoms with Crippen LogP contribution in [0.4, 0.5) is 8.78 Å². The van der Waals surface area contributed by atoms with E-state index in [1.165, 1.54) is 12.1 Å². The third-order valence-electron chi connectivity index (χ3n) is 3.24. The van der Waals surface area contributed by atoms with Gasteiger partial charge in [-0.05, 0) is 35.4 Å². The van der Waals surface area contributed by atoms with Gasteiger partial charge in [-0.25, -0.2) is 0 Å². The van der Waals surface area contributed by atoms with Crippen LogP contribution in [0, 0.1) is 11.3 Å². The van der Waals surface area contributed by atoms with Gasteiger partial charge >= 0.3 is 6.61 Å². The second-order valence-corrected chi connectivity index (χ2v) is 4.90. The molecule has 0 radical (unpaired) electrons. The van der Waals surface area contributed by atoms with Gasteiger partial charge in [-0.2, -0.15) is 14.0 Å². The fraction of sp³-hybridized carbons (Fsp3) is 0.235. The Balaban J connectivity index is 1.82. The number of hydrogen-bond donors (Lipinski definition) is 2. The van der Waals surface area contributed by atoms with Crippen LogP contribution in [0.15, 0.2) is 48.5 Å². The number of nitrogens with one attached hydrogen (secondary N) is 1. The van der Waals surface area contributed by atoms with E-state index in [0.717, 1.165) is 5.56 Å². The standard InChI is InChI=1S/C17H16F2N2O2/c18-17(19)23-15-7-5-14(6-8-15)16(22)11-21-10-13-3-1-12(9-20)2-4-13/h1-8,16-17,21-22H,10-11H2. The fourth-order valence-electron chi connectivity index (χ4n) is 2.04. The average Bonchev–Trinajstić information content (AvgIpc) is 2.55. The zero-order valence-electron chi connectivity index (χ0n) is 12.2. The van der Waals surface area contributed by atoms with E-state index < -0.39 is 12.7 Å². The van der Waals surface area contributed by atoms with E-state index in [0.29, 0.717) is 24.2 Å². The molecule has 0 saturated carbocycles. The number of hydrogen-bond acceptors (Lipinski definition) is 4. The summed E-state index contributed by atoms with van der Waals surface area (Å²) in [5.41, 5.74) is 2.20. The maximum atomic E-state index is 12.1. The molecular weight excluding hydrogens is 302 g/mol. The molecule has 120 valence electrons. The molecular formula is C17H16F2N2O2. The number of alkyl halides is 2. The van der Waals surface area contributed by atoms with E-state index in [2.05, 4.69) is 10.1 Å². The number of nitriles is 1. The maximum Gasteiger partial charge on any atom is 0.387 e. The first kappa shape index (κ1) is 16.9. The highest BCUT2D eigenvalue weighted by atomic mass is 19.3. The molecule has 0 aliphatic rings. The van der Waals surface area contributed by atoms with E-state index in [1.54, 1.807) is 24.3 Å². The summed E-state index contributed by atoms with van der Waals surface area (Å²) in [5.74, 6) is 0.0569. The van der Waals surface area contributed by atoms with Crippen molar-refractivity contribution in [2.75, 3.05) is 6.54 Å². The summed E-state index contributed by atoms with van der Waals surface area (Å²) in [6.07, 6.45) is -0.756. The quantitative estimate of drug-likeness (QED) is 0.824. The summed E-state index contributed by atoms with van der Waals surface area (Å²) >= 11 is 0. The predicted molar refractivity (Wildman–Crippen MR) is 80.9 cm³/mol. The molecule has 0 aliphatic heterocycles.